The third-order valence-corrected chi connectivity index (χ3v) is 5.65. The van der Waals surface area contributed by atoms with Crippen molar-refractivity contribution in [1.29, 1.82) is 0 Å². The molecule has 9 nitrogen and oxygen atoms in total. The van der Waals surface area contributed by atoms with Gasteiger partial charge in [0.15, 0.2) is 0 Å². The molecule has 2 heterocycles. The van der Waals surface area contributed by atoms with Crippen molar-refractivity contribution in [1.82, 2.24) is 20.4 Å². The van der Waals surface area contributed by atoms with Crippen LogP contribution in [0.4, 0.5) is 4.79 Å². The molecule has 1 aliphatic heterocycles. The minimum atomic E-state index is -0.888. The Kier molecular flexibility index (Phi) is 7.43. The molecule has 1 aliphatic rings. The Labute approximate surface area is 200 Å². The molecule has 3 rings (SSSR count). The van der Waals surface area contributed by atoms with E-state index >= 15 is 0 Å². The number of Topliss-reactive ketones (excluding diaryl/α,β-unsaturated/α-hetero) is 1. The summed E-state index contributed by atoms with van der Waals surface area (Å²) in [5.41, 5.74) is 1.54. The minimum Gasteiger partial charge on any atom is -0.447 e. The number of nitrogens with one attached hydrogen (secondary N) is 1. The number of carbonyl (C=O) groups is 3. The number of amides is 2. The molecule has 184 valence electrons. The summed E-state index contributed by atoms with van der Waals surface area (Å²) in [4.78, 5) is 40.9. The molecule has 1 aromatic heterocycles. The number of carbonyl (C=O) groups excluding carboxylic acids is 3. The molecule has 0 aliphatic carbocycles. The number of rotatable bonds is 6. The lowest BCUT2D eigenvalue weighted by molar-refractivity contribution is -0.127. The first-order valence-corrected chi connectivity index (χ1v) is 11.6. The smallest absolute Gasteiger partial charge is 0.411 e. The van der Waals surface area contributed by atoms with E-state index in [2.05, 4.69) is 15.5 Å². The van der Waals surface area contributed by atoms with Crippen LogP contribution in [0.15, 0.2) is 28.7 Å². The molecule has 2 amide bonds. The molecule has 0 radical (unpaired) electrons. The largest absolute Gasteiger partial charge is 0.447 e. The van der Waals surface area contributed by atoms with Crippen molar-refractivity contribution in [2.45, 2.75) is 85.0 Å². The average Bonchev–Trinajstić information content (AvgIpc) is 3.26. The molecule has 0 unspecified atom stereocenters. The van der Waals surface area contributed by atoms with Crippen LogP contribution in [0.2, 0.25) is 0 Å². The lowest BCUT2D eigenvalue weighted by Gasteiger charge is -2.36. The highest BCUT2D eigenvalue weighted by Crippen LogP contribution is 2.25. The van der Waals surface area contributed by atoms with Gasteiger partial charge in [-0.3, -0.25) is 14.5 Å². The Balaban J connectivity index is 1.85. The number of ketones is 1. The zero-order valence-corrected chi connectivity index (χ0v) is 20.9. The van der Waals surface area contributed by atoms with Crippen LogP contribution in [-0.2, 0) is 27.9 Å². The Morgan fingerprint density at radius 1 is 1.09 bits per heavy atom. The molecule has 0 fully saturated rings. The monoisotopic (exact) mass is 470 g/mol. The van der Waals surface area contributed by atoms with Crippen molar-refractivity contribution in [2.24, 2.45) is 5.92 Å². The second kappa shape index (κ2) is 9.95. The Morgan fingerprint density at radius 2 is 1.74 bits per heavy atom. The van der Waals surface area contributed by atoms with E-state index < -0.39 is 35.3 Å². The van der Waals surface area contributed by atoms with E-state index in [1.54, 1.807) is 13.8 Å². The number of fused-ring (bicyclic) bond motifs is 1. The van der Waals surface area contributed by atoms with E-state index in [1.807, 2.05) is 58.9 Å². The molecular weight excluding hydrogens is 436 g/mol. The van der Waals surface area contributed by atoms with E-state index in [4.69, 9.17) is 9.15 Å². The van der Waals surface area contributed by atoms with Gasteiger partial charge in [-0.1, -0.05) is 58.9 Å². The topological polar surface area (TPSA) is 115 Å². The van der Waals surface area contributed by atoms with Gasteiger partial charge in [0.2, 0.25) is 17.6 Å². The van der Waals surface area contributed by atoms with Gasteiger partial charge in [-0.05, 0) is 30.9 Å². The van der Waals surface area contributed by atoms with Crippen LogP contribution in [0.1, 0.15) is 76.2 Å². The first kappa shape index (κ1) is 25.4. The molecule has 2 atom stereocenters. The molecule has 0 bridgehead atoms. The number of benzene rings is 1. The summed E-state index contributed by atoms with van der Waals surface area (Å²) in [5, 5.41) is 10.7. The van der Waals surface area contributed by atoms with Gasteiger partial charge in [-0.25, -0.2) is 4.79 Å². The number of aromatic nitrogens is 2. The fourth-order valence-electron chi connectivity index (χ4n) is 3.76. The van der Waals surface area contributed by atoms with Gasteiger partial charge in [-0.2, -0.15) is 0 Å². The number of nitrogens with zero attached hydrogens (tertiary/aromatic N) is 3. The first-order chi connectivity index (χ1) is 15.9. The highest BCUT2D eigenvalue weighted by Gasteiger charge is 2.39. The van der Waals surface area contributed by atoms with E-state index in [0.29, 0.717) is 12.3 Å². The van der Waals surface area contributed by atoms with Crippen LogP contribution in [0.25, 0.3) is 0 Å². The normalized spacial score (nSPS) is 16.9. The van der Waals surface area contributed by atoms with Gasteiger partial charge in [0.25, 0.3) is 5.89 Å². The molecule has 34 heavy (non-hydrogen) atoms. The number of hydrogen-bond donors (Lipinski definition) is 1. The maximum Gasteiger partial charge on any atom is 0.411 e. The van der Waals surface area contributed by atoms with Crippen LogP contribution < -0.4 is 5.32 Å². The van der Waals surface area contributed by atoms with Gasteiger partial charge in [0.05, 0.1) is 18.7 Å². The molecule has 0 saturated heterocycles. The molecular formula is C25H34N4O5. The second-order valence-corrected chi connectivity index (χ2v) is 10.3. The first-order valence-electron chi connectivity index (χ1n) is 11.6. The minimum absolute atomic E-state index is 0.144. The van der Waals surface area contributed by atoms with E-state index in [0.717, 1.165) is 11.1 Å². The van der Waals surface area contributed by atoms with Crippen molar-refractivity contribution in [3.8, 4) is 0 Å². The molecule has 2 aromatic rings. The molecule has 0 saturated carbocycles. The predicted molar refractivity (Wildman–Crippen MR) is 125 cm³/mol. The number of hydrogen-bond acceptors (Lipinski definition) is 7. The lowest BCUT2D eigenvalue weighted by Crippen LogP contribution is -2.56. The fraction of sp³-hybridized carbons (Fsp3) is 0.560. The summed E-state index contributed by atoms with van der Waals surface area (Å²) in [7, 11) is 0. The van der Waals surface area contributed by atoms with Gasteiger partial charge in [0.1, 0.15) is 6.04 Å². The highest BCUT2D eigenvalue weighted by atomic mass is 16.6. The third-order valence-electron chi connectivity index (χ3n) is 5.65. The maximum atomic E-state index is 13.4. The standard InChI is InChI=1S/C25H34N4O5/c1-14(2)19(20(30)22-27-28-23(34-22)25(5,6)7)26-21(31)18-12-16-10-8-9-11-17(16)13-29(18)24(32)33-15(3)4/h8-11,14-15,18-19H,12-13H2,1-7H3,(H,26,31)/t18-,19-/m0/s1. The summed E-state index contributed by atoms with van der Waals surface area (Å²) in [5.74, 6) is -0.935. The zero-order valence-electron chi connectivity index (χ0n) is 20.9. The highest BCUT2D eigenvalue weighted by molar-refractivity contribution is 5.99. The van der Waals surface area contributed by atoms with Crippen LogP contribution in [0, 0.1) is 5.92 Å². The van der Waals surface area contributed by atoms with Gasteiger partial charge in [0, 0.05) is 11.8 Å². The average molecular weight is 471 g/mol. The van der Waals surface area contributed by atoms with Crippen LogP contribution in [0.3, 0.4) is 0 Å². The zero-order chi connectivity index (χ0) is 25.2. The van der Waals surface area contributed by atoms with Crippen LogP contribution in [-0.4, -0.2) is 51.1 Å². The molecule has 9 heteroatoms. The Hall–Kier alpha value is -3.23. The van der Waals surface area contributed by atoms with Crippen molar-refractivity contribution < 1.29 is 23.5 Å². The molecule has 1 aromatic carbocycles. The van der Waals surface area contributed by atoms with Crippen LogP contribution >= 0.6 is 0 Å². The lowest BCUT2D eigenvalue weighted by atomic mass is 9.92. The van der Waals surface area contributed by atoms with Crippen LogP contribution in [0.5, 0.6) is 0 Å². The Bertz CT molecular complexity index is 1050. The number of ether oxygens (including phenoxy) is 1. The maximum absolute atomic E-state index is 13.4. The van der Waals surface area contributed by atoms with E-state index in [9.17, 15) is 14.4 Å². The van der Waals surface area contributed by atoms with Gasteiger partial charge < -0.3 is 14.5 Å². The van der Waals surface area contributed by atoms with Crippen molar-refractivity contribution in [3.05, 3.63) is 47.2 Å². The summed E-state index contributed by atoms with van der Waals surface area (Å²) in [6, 6.07) is 5.97. The fourth-order valence-corrected chi connectivity index (χ4v) is 3.76. The summed E-state index contributed by atoms with van der Waals surface area (Å²) in [6.07, 6.45) is -0.570. The summed E-state index contributed by atoms with van der Waals surface area (Å²) < 4.78 is 11.0. The Morgan fingerprint density at radius 3 is 2.29 bits per heavy atom. The van der Waals surface area contributed by atoms with Gasteiger partial charge in [-0.15, -0.1) is 10.2 Å². The second-order valence-electron chi connectivity index (χ2n) is 10.3. The summed E-state index contributed by atoms with van der Waals surface area (Å²) >= 11 is 0. The van der Waals surface area contributed by atoms with Crippen molar-refractivity contribution in [2.75, 3.05) is 0 Å². The summed E-state index contributed by atoms with van der Waals surface area (Å²) in [6.45, 7) is 13.1. The predicted octanol–water partition coefficient (Wildman–Crippen LogP) is 3.66. The quantitative estimate of drug-likeness (QED) is 0.641. The van der Waals surface area contributed by atoms with Crippen molar-refractivity contribution >= 4 is 17.8 Å². The third kappa shape index (κ3) is 5.63. The SMILES string of the molecule is CC(C)OC(=O)N1Cc2ccccc2C[C@H]1C(=O)N[C@H](C(=O)c1nnc(C(C)(C)C)o1)C(C)C. The van der Waals surface area contributed by atoms with Gasteiger partial charge >= 0.3 is 6.09 Å². The molecule has 1 N–H and O–H groups in total. The molecule has 0 spiro atoms. The van der Waals surface area contributed by atoms with E-state index in [1.165, 1.54) is 4.90 Å². The van der Waals surface area contributed by atoms with Crippen molar-refractivity contribution in [3.63, 3.8) is 0 Å². The van der Waals surface area contributed by atoms with E-state index in [-0.39, 0.29) is 24.5 Å².